The van der Waals surface area contributed by atoms with Crippen LogP contribution in [0.25, 0.3) is 0 Å². The molecule has 26 heavy (non-hydrogen) atoms. The molecular weight excluding hydrogens is 343 g/mol. The number of aromatic nitrogens is 2. The lowest BCUT2D eigenvalue weighted by molar-refractivity contribution is -0.137. The van der Waals surface area contributed by atoms with Gasteiger partial charge in [0.15, 0.2) is 11.6 Å². The summed E-state index contributed by atoms with van der Waals surface area (Å²) in [6, 6.07) is 9.31. The van der Waals surface area contributed by atoms with Crippen LogP contribution in [0.15, 0.2) is 36.4 Å². The lowest BCUT2D eigenvalue weighted by Crippen LogP contribution is -2.46. The second-order valence-electron chi connectivity index (χ2n) is 6.60. The number of benzene rings is 1. The standard InChI is InChI=1S/C18H22F3N5/c1-24(2)16-7-8-17(23-22-16)26-11-9-25(10-12-26)13-14-3-5-15(6-4-14)18(19,20)21/h3-8H,9-13H2,1-2H3. The van der Waals surface area contributed by atoms with Crippen molar-refractivity contribution in [2.45, 2.75) is 12.7 Å². The number of piperazine rings is 1. The van der Waals surface area contributed by atoms with Crippen LogP contribution in [0.4, 0.5) is 24.8 Å². The van der Waals surface area contributed by atoms with Crippen LogP contribution in [0, 0.1) is 0 Å². The summed E-state index contributed by atoms with van der Waals surface area (Å²) < 4.78 is 37.9. The van der Waals surface area contributed by atoms with Gasteiger partial charge in [0.25, 0.3) is 0 Å². The van der Waals surface area contributed by atoms with Crippen LogP contribution in [0.1, 0.15) is 11.1 Å². The average Bonchev–Trinajstić information content (AvgIpc) is 2.62. The Morgan fingerprint density at radius 2 is 1.58 bits per heavy atom. The molecule has 0 atom stereocenters. The van der Waals surface area contributed by atoms with E-state index in [4.69, 9.17) is 0 Å². The van der Waals surface area contributed by atoms with Gasteiger partial charge in [0.2, 0.25) is 0 Å². The number of alkyl halides is 3. The zero-order valence-corrected chi connectivity index (χ0v) is 14.9. The Bertz CT molecular complexity index is 705. The maximum absolute atomic E-state index is 12.6. The van der Waals surface area contributed by atoms with Gasteiger partial charge < -0.3 is 9.80 Å². The summed E-state index contributed by atoms with van der Waals surface area (Å²) in [7, 11) is 3.84. The highest BCUT2D eigenvalue weighted by molar-refractivity contribution is 5.44. The van der Waals surface area contributed by atoms with E-state index in [2.05, 4.69) is 20.0 Å². The van der Waals surface area contributed by atoms with Gasteiger partial charge in [0.1, 0.15) is 0 Å². The van der Waals surface area contributed by atoms with Crippen molar-refractivity contribution in [1.82, 2.24) is 15.1 Å². The quantitative estimate of drug-likeness (QED) is 0.833. The molecule has 1 fully saturated rings. The highest BCUT2D eigenvalue weighted by Crippen LogP contribution is 2.29. The van der Waals surface area contributed by atoms with E-state index in [1.807, 2.05) is 31.1 Å². The first-order chi connectivity index (χ1) is 12.3. The fourth-order valence-corrected chi connectivity index (χ4v) is 2.92. The molecule has 1 aliphatic heterocycles. The maximum Gasteiger partial charge on any atom is 0.416 e. The van der Waals surface area contributed by atoms with E-state index in [-0.39, 0.29) is 0 Å². The molecule has 0 spiro atoms. The second kappa shape index (κ2) is 7.49. The third kappa shape index (κ3) is 4.43. The zero-order chi connectivity index (χ0) is 18.7. The summed E-state index contributed by atoms with van der Waals surface area (Å²) >= 11 is 0. The van der Waals surface area contributed by atoms with E-state index in [9.17, 15) is 13.2 Å². The minimum Gasteiger partial charge on any atom is -0.361 e. The first kappa shape index (κ1) is 18.4. The normalized spacial score (nSPS) is 16.0. The van der Waals surface area contributed by atoms with Crippen LogP contribution in [0.2, 0.25) is 0 Å². The fourth-order valence-electron chi connectivity index (χ4n) is 2.92. The molecule has 0 saturated carbocycles. The maximum atomic E-state index is 12.6. The van der Waals surface area contributed by atoms with Crippen molar-refractivity contribution >= 4 is 11.6 Å². The first-order valence-electron chi connectivity index (χ1n) is 8.47. The molecule has 0 radical (unpaired) electrons. The monoisotopic (exact) mass is 365 g/mol. The molecule has 0 bridgehead atoms. The molecule has 1 aromatic heterocycles. The van der Waals surface area contributed by atoms with Crippen LogP contribution < -0.4 is 9.80 Å². The number of anilines is 2. The van der Waals surface area contributed by atoms with Gasteiger partial charge in [0, 0.05) is 46.8 Å². The molecule has 8 heteroatoms. The van der Waals surface area contributed by atoms with Crippen LogP contribution in [0.5, 0.6) is 0 Å². The summed E-state index contributed by atoms with van der Waals surface area (Å²) in [4.78, 5) is 6.31. The van der Waals surface area contributed by atoms with Crippen molar-refractivity contribution < 1.29 is 13.2 Å². The number of hydrogen-bond acceptors (Lipinski definition) is 5. The molecule has 0 amide bonds. The van der Waals surface area contributed by atoms with Crippen LogP contribution >= 0.6 is 0 Å². The van der Waals surface area contributed by atoms with Gasteiger partial charge in [-0.2, -0.15) is 13.2 Å². The highest BCUT2D eigenvalue weighted by atomic mass is 19.4. The van der Waals surface area contributed by atoms with Gasteiger partial charge in [-0.1, -0.05) is 12.1 Å². The Labute approximate surface area is 151 Å². The highest BCUT2D eigenvalue weighted by Gasteiger charge is 2.30. The van der Waals surface area contributed by atoms with Gasteiger partial charge in [-0.15, -0.1) is 10.2 Å². The van der Waals surface area contributed by atoms with Crippen LogP contribution in [0.3, 0.4) is 0 Å². The summed E-state index contributed by atoms with van der Waals surface area (Å²) in [5.41, 5.74) is 0.285. The van der Waals surface area contributed by atoms with Gasteiger partial charge in [-0.25, -0.2) is 0 Å². The van der Waals surface area contributed by atoms with E-state index >= 15 is 0 Å². The number of rotatable bonds is 4. The van der Waals surface area contributed by atoms with Crippen molar-refractivity contribution in [3.63, 3.8) is 0 Å². The van der Waals surface area contributed by atoms with Crippen molar-refractivity contribution in [1.29, 1.82) is 0 Å². The molecule has 5 nitrogen and oxygen atoms in total. The van der Waals surface area contributed by atoms with Crippen molar-refractivity contribution in [2.75, 3.05) is 50.1 Å². The number of nitrogens with zero attached hydrogens (tertiary/aromatic N) is 5. The third-order valence-corrected chi connectivity index (χ3v) is 4.48. The zero-order valence-electron chi connectivity index (χ0n) is 14.9. The molecule has 0 unspecified atom stereocenters. The molecule has 140 valence electrons. The summed E-state index contributed by atoms with van der Waals surface area (Å²) in [5.74, 6) is 1.67. The Morgan fingerprint density at radius 1 is 0.923 bits per heavy atom. The van der Waals surface area contributed by atoms with Gasteiger partial charge in [-0.3, -0.25) is 4.90 Å². The van der Waals surface area contributed by atoms with Crippen molar-refractivity contribution in [3.05, 3.63) is 47.5 Å². The van der Waals surface area contributed by atoms with Crippen LogP contribution in [-0.2, 0) is 12.7 Å². The largest absolute Gasteiger partial charge is 0.416 e. The van der Waals surface area contributed by atoms with E-state index in [1.165, 1.54) is 0 Å². The fraction of sp³-hybridized carbons (Fsp3) is 0.444. The lowest BCUT2D eigenvalue weighted by Gasteiger charge is -2.35. The van der Waals surface area contributed by atoms with Gasteiger partial charge >= 0.3 is 6.18 Å². The first-order valence-corrected chi connectivity index (χ1v) is 8.47. The second-order valence-corrected chi connectivity index (χ2v) is 6.60. The average molecular weight is 365 g/mol. The molecule has 0 aliphatic carbocycles. The molecule has 0 N–H and O–H groups in total. The topological polar surface area (TPSA) is 35.5 Å². The molecule has 1 aromatic carbocycles. The van der Waals surface area contributed by atoms with Crippen LogP contribution in [-0.4, -0.2) is 55.4 Å². The SMILES string of the molecule is CN(C)c1ccc(N2CCN(Cc3ccc(C(F)(F)F)cc3)CC2)nn1. The van der Waals surface area contributed by atoms with E-state index in [0.717, 1.165) is 55.5 Å². The molecule has 3 rings (SSSR count). The molecule has 1 aliphatic rings. The Hall–Kier alpha value is -2.35. The van der Waals surface area contributed by atoms with E-state index in [1.54, 1.807) is 12.1 Å². The summed E-state index contributed by atoms with van der Waals surface area (Å²) in [6.45, 7) is 3.95. The van der Waals surface area contributed by atoms with E-state index < -0.39 is 11.7 Å². The lowest BCUT2D eigenvalue weighted by atomic mass is 10.1. The van der Waals surface area contributed by atoms with E-state index in [0.29, 0.717) is 6.54 Å². The summed E-state index contributed by atoms with van der Waals surface area (Å²) in [5, 5.41) is 8.47. The van der Waals surface area contributed by atoms with Gasteiger partial charge in [-0.05, 0) is 29.8 Å². The summed E-state index contributed by atoms with van der Waals surface area (Å²) in [6.07, 6.45) is -4.28. The Balaban J connectivity index is 1.53. The number of halogens is 3. The predicted molar refractivity (Wildman–Crippen MR) is 95.3 cm³/mol. The smallest absolute Gasteiger partial charge is 0.361 e. The Kier molecular flexibility index (Phi) is 5.31. The molecular formula is C18H22F3N5. The predicted octanol–water partition coefficient (Wildman–Crippen LogP) is 2.88. The minimum absolute atomic E-state index is 0.606. The molecule has 2 aromatic rings. The molecule has 1 saturated heterocycles. The van der Waals surface area contributed by atoms with Crippen molar-refractivity contribution in [3.8, 4) is 0 Å². The van der Waals surface area contributed by atoms with Gasteiger partial charge in [0.05, 0.1) is 5.56 Å². The minimum atomic E-state index is -4.28. The number of hydrogen-bond donors (Lipinski definition) is 0. The van der Waals surface area contributed by atoms with Crippen molar-refractivity contribution in [2.24, 2.45) is 0 Å². The molecule has 2 heterocycles. The third-order valence-electron chi connectivity index (χ3n) is 4.48. The Morgan fingerprint density at radius 3 is 2.08 bits per heavy atom.